The summed E-state index contributed by atoms with van der Waals surface area (Å²) < 4.78 is 13.0. The minimum atomic E-state index is -0.832. The van der Waals surface area contributed by atoms with Crippen LogP contribution in [0.3, 0.4) is 0 Å². The van der Waals surface area contributed by atoms with Crippen LogP contribution in [0.4, 0.5) is 4.39 Å². The standard InChI is InChI=1S/C12H16FNO2/c1-2-11(14-7-6-12(15)16)9-4-3-5-10(13)8-9/h3-5,8,11,14H,2,6-7H2,1H3,(H,15,16). The molecule has 0 spiro atoms. The number of benzene rings is 1. The van der Waals surface area contributed by atoms with Gasteiger partial charge in [-0.25, -0.2) is 4.39 Å². The fourth-order valence-corrected chi connectivity index (χ4v) is 1.57. The fourth-order valence-electron chi connectivity index (χ4n) is 1.57. The van der Waals surface area contributed by atoms with Crippen LogP contribution in [-0.4, -0.2) is 17.6 Å². The Hall–Kier alpha value is -1.42. The maximum atomic E-state index is 13.0. The van der Waals surface area contributed by atoms with Gasteiger partial charge in [-0.3, -0.25) is 4.79 Å². The van der Waals surface area contributed by atoms with Crippen molar-refractivity contribution in [3.8, 4) is 0 Å². The molecule has 1 unspecified atom stereocenters. The third-order valence-electron chi connectivity index (χ3n) is 2.39. The quantitative estimate of drug-likeness (QED) is 0.781. The topological polar surface area (TPSA) is 49.3 Å². The monoisotopic (exact) mass is 225 g/mol. The Morgan fingerprint density at radius 2 is 2.31 bits per heavy atom. The summed E-state index contributed by atoms with van der Waals surface area (Å²) in [4.78, 5) is 10.4. The van der Waals surface area contributed by atoms with Gasteiger partial charge in [-0.2, -0.15) is 0 Å². The highest BCUT2D eigenvalue weighted by atomic mass is 19.1. The van der Waals surface area contributed by atoms with Crippen molar-refractivity contribution in [1.29, 1.82) is 0 Å². The first-order chi connectivity index (χ1) is 7.63. The predicted molar refractivity (Wildman–Crippen MR) is 59.7 cm³/mol. The molecule has 0 amide bonds. The van der Waals surface area contributed by atoms with Gasteiger partial charge in [-0.15, -0.1) is 0 Å². The van der Waals surface area contributed by atoms with Gasteiger partial charge in [0, 0.05) is 12.6 Å². The number of carbonyl (C=O) groups is 1. The average molecular weight is 225 g/mol. The highest BCUT2D eigenvalue weighted by Gasteiger charge is 2.09. The molecule has 0 saturated carbocycles. The number of aliphatic carboxylic acids is 1. The number of hydrogen-bond acceptors (Lipinski definition) is 2. The maximum Gasteiger partial charge on any atom is 0.304 e. The van der Waals surface area contributed by atoms with Gasteiger partial charge in [0.05, 0.1) is 6.42 Å². The van der Waals surface area contributed by atoms with Crippen LogP contribution in [0.1, 0.15) is 31.4 Å². The first kappa shape index (κ1) is 12.6. The van der Waals surface area contributed by atoms with Crippen molar-refractivity contribution in [1.82, 2.24) is 5.32 Å². The lowest BCUT2D eigenvalue weighted by Crippen LogP contribution is -2.23. The highest BCUT2D eigenvalue weighted by Crippen LogP contribution is 2.17. The van der Waals surface area contributed by atoms with E-state index in [0.717, 1.165) is 12.0 Å². The average Bonchev–Trinajstić information content (AvgIpc) is 2.24. The second-order valence-corrected chi connectivity index (χ2v) is 3.61. The highest BCUT2D eigenvalue weighted by molar-refractivity contribution is 5.66. The molecule has 88 valence electrons. The van der Waals surface area contributed by atoms with Crippen LogP contribution in [0.2, 0.25) is 0 Å². The molecule has 0 radical (unpaired) electrons. The Labute approximate surface area is 94.3 Å². The first-order valence-electron chi connectivity index (χ1n) is 5.34. The van der Waals surface area contributed by atoms with Crippen LogP contribution in [-0.2, 0) is 4.79 Å². The molecular weight excluding hydrogens is 209 g/mol. The lowest BCUT2D eigenvalue weighted by atomic mass is 10.0. The molecular formula is C12H16FNO2. The summed E-state index contributed by atoms with van der Waals surface area (Å²) in [5.74, 6) is -1.10. The number of hydrogen-bond donors (Lipinski definition) is 2. The molecule has 4 heteroatoms. The van der Waals surface area contributed by atoms with Crippen LogP contribution in [0.5, 0.6) is 0 Å². The Bertz CT molecular complexity index is 355. The SMILES string of the molecule is CCC(NCCC(=O)O)c1cccc(F)c1. The number of carboxylic acids is 1. The van der Waals surface area contributed by atoms with E-state index in [9.17, 15) is 9.18 Å². The molecule has 1 rings (SSSR count). The van der Waals surface area contributed by atoms with Gasteiger partial charge in [0.2, 0.25) is 0 Å². The van der Waals surface area contributed by atoms with Crippen LogP contribution < -0.4 is 5.32 Å². The minimum absolute atomic E-state index is 0.00931. The molecule has 0 saturated heterocycles. The number of carboxylic acid groups (broad SMARTS) is 1. The summed E-state index contributed by atoms with van der Waals surface area (Å²) in [6.07, 6.45) is 0.870. The van der Waals surface area contributed by atoms with E-state index in [2.05, 4.69) is 5.32 Å². The van der Waals surface area contributed by atoms with E-state index in [1.165, 1.54) is 12.1 Å². The van der Waals surface area contributed by atoms with Gasteiger partial charge in [0.25, 0.3) is 0 Å². The van der Waals surface area contributed by atoms with Crippen LogP contribution in [0, 0.1) is 5.82 Å². The van der Waals surface area contributed by atoms with E-state index in [1.807, 2.05) is 13.0 Å². The summed E-state index contributed by atoms with van der Waals surface area (Å²) >= 11 is 0. The summed E-state index contributed by atoms with van der Waals surface area (Å²) in [5, 5.41) is 11.6. The van der Waals surface area contributed by atoms with Gasteiger partial charge in [-0.05, 0) is 24.1 Å². The van der Waals surface area contributed by atoms with Gasteiger partial charge >= 0.3 is 5.97 Å². The Morgan fingerprint density at radius 1 is 1.56 bits per heavy atom. The van der Waals surface area contributed by atoms with E-state index >= 15 is 0 Å². The normalized spacial score (nSPS) is 12.4. The van der Waals surface area contributed by atoms with Crippen molar-refractivity contribution in [3.05, 3.63) is 35.6 Å². The van der Waals surface area contributed by atoms with E-state index in [-0.39, 0.29) is 18.3 Å². The minimum Gasteiger partial charge on any atom is -0.481 e. The van der Waals surface area contributed by atoms with Crippen molar-refractivity contribution < 1.29 is 14.3 Å². The number of rotatable bonds is 6. The molecule has 0 aromatic heterocycles. The first-order valence-corrected chi connectivity index (χ1v) is 5.34. The third-order valence-corrected chi connectivity index (χ3v) is 2.39. The van der Waals surface area contributed by atoms with Crippen molar-refractivity contribution in [2.75, 3.05) is 6.54 Å². The van der Waals surface area contributed by atoms with Crippen molar-refractivity contribution in [2.45, 2.75) is 25.8 Å². The molecule has 2 N–H and O–H groups in total. The summed E-state index contributed by atoms with van der Waals surface area (Å²) in [6, 6.07) is 6.38. The van der Waals surface area contributed by atoms with Crippen molar-refractivity contribution >= 4 is 5.97 Å². The lowest BCUT2D eigenvalue weighted by Gasteiger charge is -2.16. The molecule has 0 fully saturated rings. The van der Waals surface area contributed by atoms with Gasteiger partial charge in [-0.1, -0.05) is 19.1 Å². The van der Waals surface area contributed by atoms with Gasteiger partial charge in [0.1, 0.15) is 5.82 Å². The third kappa shape index (κ3) is 3.98. The maximum absolute atomic E-state index is 13.0. The molecule has 0 bridgehead atoms. The summed E-state index contributed by atoms with van der Waals surface area (Å²) in [7, 11) is 0. The zero-order chi connectivity index (χ0) is 12.0. The number of halogens is 1. The second kappa shape index (κ2) is 6.23. The van der Waals surface area contributed by atoms with E-state index < -0.39 is 5.97 Å². The molecule has 0 heterocycles. The van der Waals surface area contributed by atoms with Crippen LogP contribution in [0.25, 0.3) is 0 Å². The van der Waals surface area contributed by atoms with Crippen molar-refractivity contribution in [2.24, 2.45) is 0 Å². The molecule has 16 heavy (non-hydrogen) atoms. The Morgan fingerprint density at radius 3 is 2.88 bits per heavy atom. The molecule has 3 nitrogen and oxygen atoms in total. The molecule has 0 aliphatic carbocycles. The van der Waals surface area contributed by atoms with E-state index in [1.54, 1.807) is 6.07 Å². The fraction of sp³-hybridized carbons (Fsp3) is 0.417. The van der Waals surface area contributed by atoms with Gasteiger partial charge in [0.15, 0.2) is 0 Å². The largest absolute Gasteiger partial charge is 0.481 e. The zero-order valence-electron chi connectivity index (χ0n) is 9.24. The van der Waals surface area contributed by atoms with E-state index in [0.29, 0.717) is 6.54 Å². The lowest BCUT2D eigenvalue weighted by molar-refractivity contribution is -0.136. The Balaban J connectivity index is 2.57. The summed E-state index contributed by atoms with van der Waals surface area (Å²) in [6.45, 7) is 2.37. The number of nitrogens with one attached hydrogen (secondary N) is 1. The zero-order valence-corrected chi connectivity index (χ0v) is 9.24. The molecule has 1 aromatic carbocycles. The van der Waals surface area contributed by atoms with Gasteiger partial charge < -0.3 is 10.4 Å². The second-order valence-electron chi connectivity index (χ2n) is 3.61. The molecule has 0 aliphatic rings. The van der Waals surface area contributed by atoms with Crippen molar-refractivity contribution in [3.63, 3.8) is 0 Å². The predicted octanol–water partition coefficient (Wildman–Crippen LogP) is 2.34. The van der Waals surface area contributed by atoms with E-state index in [4.69, 9.17) is 5.11 Å². The Kier molecular flexibility index (Phi) is 4.92. The van der Waals surface area contributed by atoms with Crippen LogP contribution in [0.15, 0.2) is 24.3 Å². The summed E-state index contributed by atoms with van der Waals surface area (Å²) in [5.41, 5.74) is 0.855. The molecule has 0 aliphatic heterocycles. The van der Waals surface area contributed by atoms with Crippen LogP contribution >= 0.6 is 0 Å². The smallest absolute Gasteiger partial charge is 0.304 e. The molecule has 1 aromatic rings. The molecule has 1 atom stereocenters.